The maximum Gasteiger partial charge on any atom is 0.116 e. The molecule has 1 heterocycles. The molecule has 3 rings (SSSR count). The van der Waals surface area contributed by atoms with E-state index in [0.717, 1.165) is 29.5 Å². The normalized spacial score (nSPS) is 19.0. The van der Waals surface area contributed by atoms with Gasteiger partial charge < -0.3 is 0 Å². The molecular formula is C26H35N3. The van der Waals surface area contributed by atoms with Gasteiger partial charge in [-0.2, -0.15) is 5.26 Å². The standard InChI is InChI=1S/C26H35N3/c1-2-3-4-5-6-9-21-12-14-22(15-13-21)16-17-24-19-28-20-29-26(24)25-11-8-7-10-23(25)18-27/h7-8,10-11,19-22H,2-6,9,12-17H2,1H3. The molecule has 1 aliphatic rings. The molecule has 0 bridgehead atoms. The van der Waals surface area contributed by atoms with Gasteiger partial charge >= 0.3 is 0 Å². The molecular weight excluding hydrogens is 354 g/mol. The number of aryl methyl sites for hydroxylation is 1. The molecule has 0 atom stereocenters. The molecule has 1 fully saturated rings. The van der Waals surface area contributed by atoms with E-state index in [4.69, 9.17) is 0 Å². The van der Waals surface area contributed by atoms with Gasteiger partial charge in [-0.3, -0.25) is 0 Å². The Morgan fingerprint density at radius 1 is 0.966 bits per heavy atom. The van der Waals surface area contributed by atoms with Crippen LogP contribution in [0.2, 0.25) is 0 Å². The van der Waals surface area contributed by atoms with Crippen LogP contribution in [0.3, 0.4) is 0 Å². The summed E-state index contributed by atoms with van der Waals surface area (Å²) in [5.41, 5.74) is 3.72. The second-order valence-corrected chi connectivity index (χ2v) is 8.68. The first kappa shape index (κ1) is 21.5. The maximum atomic E-state index is 9.44. The highest BCUT2D eigenvalue weighted by atomic mass is 14.8. The molecule has 0 amide bonds. The van der Waals surface area contributed by atoms with E-state index in [9.17, 15) is 5.26 Å². The van der Waals surface area contributed by atoms with Crippen molar-refractivity contribution < 1.29 is 0 Å². The molecule has 0 saturated heterocycles. The van der Waals surface area contributed by atoms with Crippen LogP contribution in [-0.2, 0) is 6.42 Å². The summed E-state index contributed by atoms with van der Waals surface area (Å²) < 4.78 is 0. The summed E-state index contributed by atoms with van der Waals surface area (Å²) in [6.07, 6.45) is 19.8. The van der Waals surface area contributed by atoms with Gasteiger partial charge in [-0.25, -0.2) is 9.97 Å². The third-order valence-corrected chi connectivity index (χ3v) is 6.59. The number of rotatable bonds is 10. The highest BCUT2D eigenvalue weighted by molar-refractivity contribution is 5.69. The number of aromatic nitrogens is 2. The average molecular weight is 390 g/mol. The van der Waals surface area contributed by atoms with Crippen molar-refractivity contribution in [3.05, 3.63) is 47.9 Å². The Bertz CT molecular complexity index is 785. The molecule has 0 aliphatic heterocycles. The Labute approximate surface area is 176 Å². The van der Waals surface area contributed by atoms with Crippen molar-refractivity contribution in [3.8, 4) is 17.3 Å². The van der Waals surface area contributed by atoms with Crippen molar-refractivity contribution in [2.75, 3.05) is 0 Å². The first-order valence-electron chi connectivity index (χ1n) is 11.6. The van der Waals surface area contributed by atoms with Gasteiger partial charge in [-0.1, -0.05) is 89.3 Å². The van der Waals surface area contributed by atoms with E-state index in [2.05, 4.69) is 23.0 Å². The summed E-state index contributed by atoms with van der Waals surface area (Å²) in [4.78, 5) is 8.79. The largest absolute Gasteiger partial charge is 0.244 e. The van der Waals surface area contributed by atoms with Crippen molar-refractivity contribution in [1.82, 2.24) is 9.97 Å². The van der Waals surface area contributed by atoms with Crippen LogP contribution >= 0.6 is 0 Å². The minimum Gasteiger partial charge on any atom is -0.244 e. The lowest BCUT2D eigenvalue weighted by atomic mass is 9.77. The zero-order valence-electron chi connectivity index (χ0n) is 17.9. The predicted octanol–water partition coefficient (Wildman–Crippen LogP) is 7.11. The van der Waals surface area contributed by atoms with Gasteiger partial charge in [-0.05, 0) is 36.3 Å². The maximum absolute atomic E-state index is 9.44. The van der Waals surface area contributed by atoms with Gasteiger partial charge in [0.05, 0.1) is 17.3 Å². The predicted molar refractivity (Wildman–Crippen MR) is 119 cm³/mol. The summed E-state index contributed by atoms with van der Waals surface area (Å²) in [7, 11) is 0. The molecule has 0 radical (unpaired) electrons. The number of hydrogen-bond acceptors (Lipinski definition) is 3. The highest BCUT2D eigenvalue weighted by Gasteiger charge is 2.21. The molecule has 1 aliphatic carbocycles. The quantitative estimate of drug-likeness (QED) is 0.407. The lowest BCUT2D eigenvalue weighted by molar-refractivity contribution is 0.248. The van der Waals surface area contributed by atoms with Gasteiger partial charge in [0.1, 0.15) is 6.33 Å². The molecule has 0 unspecified atom stereocenters. The number of nitrogens with zero attached hydrogens (tertiary/aromatic N) is 3. The lowest BCUT2D eigenvalue weighted by Gasteiger charge is -2.28. The first-order chi connectivity index (χ1) is 14.3. The molecule has 0 spiro atoms. The second kappa shape index (κ2) is 11.7. The van der Waals surface area contributed by atoms with Gasteiger partial charge in [0, 0.05) is 11.8 Å². The number of nitriles is 1. The van der Waals surface area contributed by atoms with Crippen molar-refractivity contribution in [3.63, 3.8) is 0 Å². The van der Waals surface area contributed by atoms with E-state index in [-0.39, 0.29) is 0 Å². The summed E-state index contributed by atoms with van der Waals surface area (Å²) in [5.74, 6) is 1.79. The molecule has 29 heavy (non-hydrogen) atoms. The average Bonchev–Trinajstić information content (AvgIpc) is 2.78. The first-order valence-corrected chi connectivity index (χ1v) is 11.6. The highest BCUT2D eigenvalue weighted by Crippen LogP contribution is 2.35. The number of hydrogen-bond donors (Lipinski definition) is 0. The SMILES string of the molecule is CCCCCCCC1CCC(CCc2cncnc2-c2ccccc2C#N)CC1. The van der Waals surface area contributed by atoms with Crippen LogP contribution in [-0.4, -0.2) is 9.97 Å². The van der Waals surface area contributed by atoms with Crippen molar-refractivity contribution in [2.45, 2.75) is 84.0 Å². The van der Waals surface area contributed by atoms with Crippen LogP contribution in [0.15, 0.2) is 36.8 Å². The van der Waals surface area contributed by atoms with E-state index in [0.29, 0.717) is 5.56 Å². The Kier molecular flexibility index (Phi) is 8.68. The van der Waals surface area contributed by atoms with Crippen LogP contribution in [0.1, 0.15) is 88.7 Å². The Morgan fingerprint density at radius 3 is 2.45 bits per heavy atom. The van der Waals surface area contributed by atoms with Crippen LogP contribution in [0.25, 0.3) is 11.3 Å². The van der Waals surface area contributed by atoms with Gasteiger partial charge in [0.2, 0.25) is 0 Å². The van der Waals surface area contributed by atoms with Crippen LogP contribution in [0, 0.1) is 23.2 Å². The van der Waals surface area contributed by atoms with Crippen molar-refractivity contribution >= 4 is 0 Å². The minimum absolute atomic E-state index is 0.687. The van der Waals surface area contributed by atoms with E-state index in [1.807, 2.05) is 30.5 Å². The van der Waals surface area contributed by atoms with Crippen molar-refractivity contribution in [2.24, 2.45) is 11.8 Å². The van der Waals surface area contributed by atoms with E-state index < -0.39 is 0 Å². The minimum atomic E-state index is 0.687. The molecule has 0 N–H and O–H groups in total. The zero-order valence-corrected chi connectivity index (χ0v) is 17.9. The van der Waals surface area contributed by atoms with E-state index in [1.54, 1.807) is 6.33 Å². The van der Waals surface area contributed by atoms with Crippen LogP contribution in [0.5, 0.6) is 0 Å². The van der Waals surface area contributed by atoms with Crippen LogP contribution in [0.4, 0.5) is 0 Å². The lowest BCUT2D eigenvalue weighted by Crippen LogP contribution is -2.15. The summed E-state index contributed by atoms with van der Waals surface area (Å²) in [6, 6.07) is 10.0. The molecule has 1 aromatic carbocycles. The smallest absolute Gasteiger partial charge is 0.116 e. The van der Waals surface area contributed by atoms with E-state index in [1.165, 1.54) is 76.2 Å². The monoisotopic (exact) mass is 389 g/mol. The Balaban J connectivity index is 1.49. The molecule has 154 valence electrons. The Hall–Kier alpha value is -2.21. The zero-order chi connectivity index (χ0) is 20.3. The number of unbranched alkanes of at least 4 members (excludes halogenated alkanes) is 4. The van der Waals surface area contributed by atoms with Crippen LogP contribution < -0.4 is 0 Å². The second-order valence-electron chi connectivity index (χ2n) is 8.68. The topological polar surface area (TPSA) is 49.6 Å². The molecule has 2 aromatic rings. The van der Waals surface area contributed by atoms with Gasteiger partial charge in [0.25, 0.3) is 0 Å². The fraction of sp³-hybridized carbons (Fsp3) is 0.577. The third-order valence-electron chi connectivity index (χ3n) is 6.59. The molecule has 3 heteroatoms. The fourth-order valence-corrected chi connectivity index (χ4v) is 4.78. The summed E-state index contributed by atoms with van der Waals surface area (Å²) >= 11 is 0. The molecule has 1 aromatic heterocycles. The molecule has 1 saturated carbocycles. The Morgan fingerprint density at radius 2 is 1.69 bits per heavy atom. The summed E-state index contributed by atoms with van der Waals surface area (Å²) in [5, 5.41) is 9.44. The van der Waals surface area contributed by atoms with Gasteiger partial charge in [-0.15, -0.1) is 0 Å². The fourth-order valence-electron chi connectivity index (χ4n) is 4.78. The van der Waals surface area contributed by atoms with Crippen molar-refractivity contribution in [1.29, 1.82) is 5.26 Å². The van der Waals surface area contributed by atoms with Gasteiger partial charge in [0.15, 0.2) is 0 Å². The van der Waals surface area contributed by atoms with E-state index >= 15 is 0 Å². The molecule has 3 nitrogen and oxygen atoms in total. The summed E-state index contributed by atoms with van der Waals surface area (Å²) in [6.45, 7) is 2.29. The third kappa shape index (κ3) is 6.39. The number of benzene rings is 1.